The SMILES string of the molecule is CCNc1nc(NC2(C(F)(F)F)CC2)c2cc(C)sc2n1. The Morgan fingerprint density at radius 1 is 1.33 bits per heavy atom. The quantitative estimate of drug-likeness (QED) is 0.897. The molecule has 0 unspecified atom stereocenters. The zero-order valence-corrected chi connectivity index (χ0v) is 12.5. The molecule has 0 atom stereocenters. The van der Waals surface area contributed by atoms with Crippen molar-refractivity contribution in [2.45, 2.75) is 38.4 Å². The van der Waals surface area contributed by atoms with Crippen LogP contribution in [0.15, 0.2) is 6.07 Å². The van der Waals surface area contributed by atoms with Crippen molar-refractivity contribution < 1.29 is 13.2 Å². The number of alkyl halides is 3. The Kier molecular flexibility index (Phi) is 3.23. The van der Waals surface area contributed by atoms with Gasteiger partial charge in [-0.15, -0.1) is 11.3 Å². The van der Waals surface area contributed by atoms with Gasteiger partial charge >= 0.3 is 6.18 Å². The third-order valence-electron chi connectivity index (χ3n) is 3.50. The number of nitrogens with one attached hydrogen (secondary N) is 2. The zero-order valence-electron chi connectivity index (χ0n) is 11.6. The molecule has 2 N–H and O–H groups in total. The smallest absolute Gasteiger partial charge is 0.356 e. The minimum absolute atomic E-state index is 0.0850. The molecule has 0 aromatic carbocycles. The number of nitrogens with zero attached hydrogens (tertiary/aromatic N) is 2. The van der Waals surface area contributed by atoms with E-state index < -0.39 is 11.7 Å². The standard InChI is InChI=1S/C13H15F3N4S/c1-3-17-11-18-9(8-6-7(2)21-10(8)19-11)20-12(4-5-12)13(14,15)16/h6H,3-5H2,1-2H3,(H2,17,18,19,20). The van der Waals surface area contributed by atoms with E-state index in [1.54, 1.807) is 0 Å². The van der Waals surface area contributed by atoms with Crippen LogP contribution in [-0.4, -0.2) is 28.2 Å². The van der Waals surface area contributed by atoms with E-state index in [2.05, 4.69) is 20.6 Å². The van der Waals surface area contributed by atoms with Crippen molar-refractivity contribution in [3.8, 4) is 0 Å². The lowest BCUT2D eigenvalue weighted by Crippen LogP contribution is -2.39. The minimum Gasteiger partial charge on any atom is -0.356 e. The second-order valence-electron chi connectivity index (χ2n) is 5.21. The summed E-state index contributed by atoms with van der Waals surface area (Å²) in [5.74, 6) is 0.613. The largest absolute Gasteiger partial charge is 0.411 e. The van der Waals surface area contributed by atoms with E-state index in [0.29, 0.717) is 22.7 Å². The van der Waals surface area contributed by atoms with Crippen molar-refractivity contribution in [3.05, 3.63) is 10.9 Å². The van der Waals surface area contributed by atoms with Gasteiger partial charge in [0.15, 0.2) is 0 Å². The van der Waals surface area contributed by atoms with Crippen molar-refractivity contribution in [1.82, 2.24) is 9.97 Å². The van der Waals surface area contributed by atoms with E-state index >= 15 is 0 Å². The minimum atomic E-state index is -4.27. The fourth-order valence-electron chi connectivity index (χ4n) is 2.21. The predicted molar refractivity (Wildman–Crippen MR) is 78.0 cm³/mol. The molecule has 8 heteroatoms. The summed E-state index contributed by atoms with van der Waals surface area (Å²) in [7, 11) is 0. The predicted octanol–water partition coefficient (Wildman–Crippen LogP) is 3.94. The van der Waals surface area contributed by atoms with Gasteiger partial charge < -0.3 is 10.6 Å². The normalized spacial score (nSPS) is 17.0. The van der Waals surface area contributed by atoms with Crippen molar-refractivity contribution in [3.63, 3.8) is 0 Å². The van der Waals surface area contributed by atoms with Crippen LogP contribution >= 0.6 is 11.3 Å². The van der Waals surface area contributed by atoms with Crippen LogP contribution in [0.5, 0.6) is 0 Å². The summed E-state index contributed by atoms with van der Waals surface area (Å²) < 4.78 is 39.3. The average Bonchev–Trinajstić information content (AvgIpc) is 3.05. The lowest BCUT2D eigenvalue weighted by atomic mass is 10.2. The number of halogens is 3. The molecule has 1 aliphatic carbocycles. The lowest BCUT2D eigenvalue weighted by Gasteiger charge is -2.22. The van der Waals surface area contributed by atoms with E-state index in [4.69, 9.17) is 0 Å². The number of hydrogen-bond donors (Lipinski definition) is 2. The Labute approximate surface area is 123 Å². The van der Waals surface area contributed by atoms with Gasteiger partial charge in [-0.1, -0.05) is 0 Å². The van der Waals surface area contributed by atoms with Gasteiger partial charge in [0.2, 0.25) is 5.95 Å². The molecule has 0 saturated heterocycles. The van der Waals surface area contributed by atoms with Crippen LogP contribution in [-0.2, 0) is 0 Å². The van der Waals surface area contributed by atoms with Gasteiger partial charge in [0.05, 0.1) is 5.39 Å². The molecule has 21 heavy (non-hydrogen) atoms. The van der Waals surface area contributed by atoms with E-state index in [1.165, 1.54) is 11.3 Å². The molecule has 2 aromatic heterocycles. The van der Waals surface area contributed by atoms with Gasteiger partial charge in [-0.2, -0.15) is 18.2 Å². The zero-order chi connectivity index (χ0) is 15.3. The summed E-state index contributed by atoms with van der Waals surface area (Å²) in [4.78, 5) is 10.2. The highest BCUT2D eigenvalue weighted by Gasteiger charge is 2.63. The summed E-state index contributed by atoms with van der Waals surface area (Å²) in [6.45, 7) is 4.40. The van der Waals surface area contributed by atoms with Crippen LogP contribution in [0.25, 0.3) is 10.2 Å². The van der Waals surface area contributed by atoms with E-state index in [9.17, 15) is 13.2 Å². The Bertz CT molecular complexity index is 676. The van der Waals surface area contributed by atoms with Gasteiger partial charge in [-0.25, -0.2) is 4.98 Å². The van der Waals surface area contributed by atoms with Gasteiger partial charge in [-0.05, 0) is 32.8 Å². The third kappa shape index (κ3) is 2.52. The number of hydrogen-bond acceptors (Lipinski definition) is 5. The summed E-state index contributed by atoms with van der Waals surface area (Å²) in [6, 6.07) is 1.82. The molecule has 0 spiro atoms. The highest BCUT2D eigenvalue weighted by atomic mass is 32.1. The van der Waals surface area contributed by atoms with E-state index in [-0.39, 0.29) is 18.7 Å². The van der Waals surface area contributed by atoms with Crippen molar-refractivity contribution in [2.75, 3.05) is 17.2 Å². The van der Waals surface area contributed by atoms with Crippen molar-refractivity contribution in [2.24, 2.45) is 0 Å². The summed E-state index contributed by atoms with van der Waals surface area (Å²) in [5.41, 5.74) is -1.83. The first kappa shape index (κ1) is 14.4. The summed E-state index contributed by atoms with van der Waals surface area (Å²) in [5, 5.41) is 6.22. The fourth-order valence-corrected chi connectivity index (χ4v) is 3.08. The van der Waals surface area contributed by atoms with Gasteiger partial charge in [0.25, 0.3) is 0 Å². The molecule has 3 rings (SSSR count). The molecule has 1 saturated carbocycles. The maximum absolute atomic E-state index is 13.1. The lowest BCUT2D eigenvalue weighted by molar-refractivity contribution is -0.151. The molecule has 0 amide bonds. The molecule has 1 aliphatic rings. The van der Waals surface area contributed by atoms with Gasteiger partial charge in [-0.3, -0.25) is 0 Å². The van der Waals surface area contributed by atoms with E-state index in [1.807, 2.05) is 19.9 Å². The highest BCUT2D eigenvalue weighted by Crippen LogP contribution is 2.51. The number of aryl methyl sites for hydroxylation is 1. The maximum atomic E-state index is 13.1. The first-order valence-electron chi connectivity index (χ1n) is 6.71. The maximum Gasteiger partial charge on any atom is 0.411 e. The Morgan fingerprint density at radius 2 is 2.05 bits per heavy atom. The van der Waals surface area contributed by atoms with Crippen LogP contribution in [0.4, 0.5) is 24.9 Å². The van der Waals surface area contributed by atoms with Crippen LogP contribution in [0.3, 0.4) is 0 Å². The van der Waals surface area contributed by atoms with Crippen molar-refractivity contribution >= 4 is 33.3 Å². The highest BCUT2D eigenvalue weighted by molar-refractivity contribution is 7.18. The molecule has 2 aromatic rings. The molecule has 114 valence electrons. The summed E-state index contributed by atoms with van der Waals surface area (Å²) in [6.07, 6.45) is -4.10. The first-order valence-corrected chi connectivity index (χ1v) is 7.53. The van der Waals surface area contributed by atoms with Crippen LogP contribution in [0, 0.1) is 6.92 Å². The van der Waals surface area contributed by atoms with Gasteiger partial charge in [0.1, 0.15) is 16.2 Å². The second kappa shape index (κ2) is 4.72. The fraction of sp³-hybridized carbons (Fsp3) is 0.538. The Balaban J connectivity index is 2.04. The van der Waals surface area contributed by atoms with E-state index in [0.717, 1.165) is 4.88 Å². The van der Waals surface area contributed by atoms with Gasteiger partial charge in [0, 0.05) is 11.4 Å². The van der Waals surface area contributed by atoms with Crippen LogP contribution < -0.4 is 10.6 Å². The Hall–Kier alpha value is -1.57. The molecule has 4 nitrogen and oxygen atoms in total. The molecular weight excluding hydrogens is 301 g/mol. The number of aromatic nitrogens is 2. The molecule has 0 radical (unpaired) electrons. The van der Waals surface area contributed by atoms with Crippen LogP contribution in [0.2, 0.25) is 0 Å². The first-order chi connectivity index (χ1) is 9.84. The monoisotopic (exact) mass is 316 g/mol. The molecule has 2 heterocycles. The Morgan fingerprint density at radius 3 is 2.62 bits per heavy atom. The summed E-state index contributed by atoms with van der Waals surface area (Å²) >= 11 is 1.45. The number of thiophene rings is 1. The third-order valence-corrected chi connectivity index (χ3v) is 4.45. The molecule has 1 fully saturated rings. The molecule has 0 bridgehead atoms. The molecular formula is C13H15F3N4S. The van der Waals surface area contributed by atoms with Crippen molar-refractivity contribution in [1.29, 1.82) is 0 Å². The molecule has 0 aliphatic heterocycles. The number of fused-ring (bicyclic) bond motifs is 1. The number of rotatable bonds is 4. The number of anilines is 2. The second-order valence-corrected chi connectivity index (χ2v) is 6.44. The van der Waals surface area contributed by atoms with Crippen LogP contribution in [0.1, 0.15) is 24.6 Å². The average molecular weight is 316 g/mol. The topological polar surface area (TPSA) is 49.8 Å².